The number of carbonyl (C=O) groups is 3. The molecule has 0 saturated carbocycles. The average Bonchev–Trinajstić information content (AvgIpc) is 2.77. The minimum Gasteiger partial charge on any atom is -0.480 e. The molecule has 8 nitrogen and oxygen atoms in total. The van der Waals surface area contributed by atoms with E-state index >= 15 is 0 Å². The summed E-state index contributed by atoms with van der Waals surface area (Å²) < 4.78 is 0. The Kier molecular flexibility index (Phi) is 5.91. The number of primary amides is 1. The lowest BCUT2D eigenvalue weighted by atomic mass is 10.1. The first kappa shape index (κ1) is 15.9. The Labute approximate surface area is 119 Å². The average molecular weight is 300 g/mol. The van der Waals surface area contributed by atoms with E-state index in [1.807, 2.05) is 12.3 Å². The number of carboxylic acid groups (broad SMARTS) is 1. The van der Waals surface area contributed by atoms with Crippen LogP contribution in [0.5, 0.6) is 0 Å². The van der Waals surface area contributed by atoms with Gasteiger partial charge in [0.05, 0.1) is 6.54 Å². The highest BCUT2D eigenvalue weighted by atomic mass is 32.1. The van der Waals surface area contributed by atoms with Crippen molar-refractivity contribution in [1.29, 1.82) is 0 Å². The zero-order valence-corrected chi connectivity index (χ0v) is 11.7. The predicted octanol–water partition coefficient (Wildman–Crippen LogP) is -0.0306. The molecule has 5 N–H and O–H groups in total. The van der Waals surface area contributed by atoms with E-state index in [9.17, 15) is 14.4 Å². The molecular weight excluding hydrogens is 284 g/mol. The first-order valence-electron chi connectivity index (χ1n) is 5.85. The van der Waals surface area contributed by atoms with Crippen molar-refractivity contribution in [1.82, 2.24) is 15.6 Å². The van der Waals surface area contributed by atoms with Crippen molar-refractivity contribution in [3.63, 3.8) is 0 Å². The van der Waals surface area contributed by atoms with Gasteiger partial charge in [0.1, 0.15) is 11.0 Å². The maximum absolute atomic E-state index is 11.6. The predicted molar refractivity (Wildman–Crippen MR) is 72.1 cm³/mol. The Morgan fingerprint density at radius 1 is 1.50 bits per heavy atom. The van der Waals surface area contributed by atoms with Gasteiger partial charge in [-0.3, -0.25) is 4.79 Å². The quantitative estimate of drug-likeness (QED) is 0.561. The van der Waals surface area contributed by atoms with Gasteiger partial charge >= 0.3 is 12.0 Å². The zero-order chi connectivity index (χ0) is 15.1. The summed E-state index contributed by atoms with van der Waals surface area (Å²) in [5, 5.41) is 16.3. The van der Waals surface area contributed by atoms with Crippen LogP contribution in [0.15, 0.2) is 5.38 Å². The number of rotatable bonds is 7. The van der Waals surface area contributed by atoms with Crippen LogP contribution < -0.4 is 16.4 Å². The van der Waals surface area contributed by atoms with E-state index in [1.165, 1.54) is 11.3 Å². The largest absolute Gasteiger partial charge is 0.480 e. The SMILES string of the molecule is Cc1csc(CNC(=O)NC(CCC(N)=O)C(=O)O)n1. The highest BCUT2D eigenvalue weighted by molar-refractivity contribution is 7.09. The number of urea groups is 1. The molecule has 0 aliphatic heterocycles. The van der Waals surface area contributed by atoms with Crippen LogP contribution in [0, 0.1) is 6.92 Å². The number of hydrogen-bond donors (Lipinski definition) is 4. The first-order valence-corrected chi connectivity index (χ1v) is 6.73. The molecule has 0 radical (unpaired) electrons. The number of carboxylic acids is 1. The van der Waals surface area contributed by atoms with Crippen molar-refractivity contribution in [2.45, 2.75) is 32.4 Å². The molecule has 0 fully saturated rings. The Balaban J connectivity index is 2.41. The monoisotopic (exact) mass is 300 g/mol. The molecule has 1 atom stereocenters. The third kappa shape index (κ3) is 5.65. The van der Waals surface area contributed by atoms with Gasteiger partial charge in [0.2, 0.25) is 5.91 Å². The molecule has 0 aliphatic rings. The van der Waals surface area contributed by atoms with Crippen LogP contribution in [0.3, 0.4) is 0 Å². The van der Waals surface area contributed by atoms with Crippen molar-refractivity contribution in [3.05, 3.63) is 16.1 Å². The molecule has 0 bridgehead atoms. The summed E-state index contributed by atoms with van der Waals surface area (Å²) in [6.45, 7) is 2.05. The van der Waals surface area contributed by atoms with Crippen LogP contribution in [0.25, 0.3) is 0 Å². The number of amides is 3. The number of aliphatic carboxylic acids is 1. The van der Waals surface area contributed by atoms with Crippen LogP contribution in [-0.2, 0) is 16.1 Å². The molecular formula is C11H16N4O4S. The van der Waals surface area contributed by atoms with Crippen molar-refractivity contribution < 1.29 is 19.5 Å². The lowest BCUT2D eigenvalue weighted by molar-refractivity contribution is -0.139. The molecule has 20 heavy (non-hydrogen) atoms. The van der Waals surface area contributed by atoms with Gasteiger partial charge in [-0.15, -0.1) is 11.3 Å². The Morgan fingerprint density at radius 2 is 2.20 bits per heavy atom. The second-order valence-corrected chi connectivity index (χ2v) is 5.05. The van der Waals surface area contributed by atoms with Gasteiger partial charge in [0, 0.05) is 17.5 Å². The molecule has 110 valence electrons. The van der Waals surface area contributed by atoms with E-state index in [2.05, 4.69) is 15.6 Å². The minimum atomic E-state index is -1.22. The van der Waals surface area contributed by atoms with Gasteiger partial charge in [-0.1, -0.05) is 0 Å². The highest BCUT2D eigenvalue weighted by Gasteiger charge is 2.20. The van der Waals surface area contributed by atoms with Gasteiger partial charge in [-0.25, -0.2) is 14.6 Å². The summed E-state index contributed by atoms with van der Waals surface area (Å²) in [6.07, 6.45) is -0.155. The van der Waals surface area contributed by atoms with Crippen LogP contribution in [0.4, 0.5) is 4.79 Å². The smallest absolute Gasteiger partial charge is 0.326 e. The van der Waals surface area contributed by atoms with Crippen molar-refractivity contribution in [3.8, 4) is 0 Å². The van der Waals surface area contributed by atoms with E-state index in [0.717, 1.165) is 10.7 Å². The summed E-state index contributed by atoms with van der Waals surface area (Å²) in [5.41, 5.74) is 5.80. The Morgan fingerprint density at radius 3 is 2.70 bits per heavy atom. The van der Waals surface area contributed by atoms with Crippen LogP contribution in [0.2, 0.25) is 0 Å². The van der Waals surface area contributed by atoms with Gasteiger partial charge in [-0.2, -0.15) is 0 Å². The molecule has 0 aliphatic carbocycles. The van der Waals surface area contributed by atoms with Crippen LogP contribution >= 0.6 is 11.3 Å². The van der Waals surface area contributed by atoms with Crippen molar-refractivity contribution in [2.24, 2.45) is 5.73 Å². The molecule has 0 aromatic carbocycles. The highest BCUT2D eigenvalue weighted by Crippen LogP contribution is 2.07. The number of thiazole rings is 1. The molecule has 9 heteroatoms. The molecule has 0 spiro atoms. The fourth-order valence-corrected chi connectivity index (χ4v) is 2.10. The standard InChI is InChI=1S/C11H16N4O4S/c1-6-5-20-9(14-6)4-13-11(19)15-7(10(17)18)2-3-8(12)16/h5,7H,2-4H2,1H3,(H2,12,16)(H,17,18)(H2,13,15,19). The van der Waals surface area contributed by atoms with E-state index in [-0.39, 0.29) is 19.4 Å². The van der Waals surface area contributed by atoms with Crippen LogP contribution in [0.1, 0.15) is 23.5 Å². The Hall–Kier alpha value is -2.16. The van der Waals surface area contributed by atoms with Crippen molar-refractivity contribution in [2.75, 3.05) is 0 Å². The second-order valence-electron chi connectivity index (χ2n) is 4.11. The fraction of sp³-hybridized carbons (Fsp3) is 0.455. The number of nitrogens with two attached hydrogens (primary N) is 1. The molecule has 1 aromatic rings. The number of hydrogen-bond acceptors (Lipinski definition) is 5. The molecule has 3 amide bonds. The minimum absolute atomic E-state index is 0.0472. The normalized spacial score (nSPS) is 11.7. The summed E-state index contributed by atoms with van der Waals surface area (Å²) in [6, 6.07) is -1.78. The Bertz CT molecular complexity index is 502. The second kappa shape index (κ2) is 7.43. The van der Waals surface area contributed by atoms with E-state index in [4.69, 9.17) is 10.8 Å². The number of nitrogens with zero attached hydrogens (tertiary/aromatic N) is 1. The lowest BCUT2D eigenvalue weighted by Crippen LogP contribution is -2.46. The molecule has 1 aromatic heterocycles. The third-order valence-corrected chi connectivity index (χ3v) is 3.32. The summed E-state index contributed by atoms with van der Waals surface area (Å²) in [7, 11) is 0. The van der Waals surface area contributed by atoms with Gasteiger partial charge < -0.3 is 21.5 Å². The first-order chi connectivity index (χ1) is 9.38. The van der Waals surface area contributed by atoms with E-state index in [1.54, 1.807) is 0 Å². The summed E-state index contributed by atoms with van der Waals surface area (Å²) in [4.78, 5) is 37.3. The summed E-state index contributed by atoms with van der Waals surface area (Å²) >= 11 is 1.40. The maximum Gasteiger partial charge on any atom is 0.326 e. The topological polar surface area (TPSA) is 134 Å². The molecule has 0 saturated heterocycles. The molecule has 1 rings (SSSR count). The number of nitrogens with one attached hydrogen (secondary N) is 2. The van der Waals surface area contributed by atoms with Gasteiger partial charge in [0.15, 0.2) is 0 Å². The van der Waals surface area contributed by atoms with E-state index in [0.29, 0.717) is 0 Å². The zero-order valence-electron chi connectivity index (χ0n) is 10.9. The summed E-state index contributed by atoms with van der Waals surface area (Å²) in [5.74, 6) is -1.83. The lowest BCUT2D eigenvalue weighted by Gasteiger charge is -2.13. The third-order valence-electron chi connectivity index (χ3n) is 2.35. The van der Waals surface area contributed by atoms with Crippen molar-refractivity contribution >= 4 is 29.2 Å². The van der Waals surface area contributed by atoms with E-state index < -0.39 is 23.9 Å². The fourth-order valence-electron chi connectivity index (χ4n) is 1.39. The van der Waals surface area contributed by atoms with Gasteiger partial charge in [-0.05, 0) is 13.3 Å². The van der Waals surface area contributed by atoms with Crippen LogP contribution in [-0.4, -0.2) is 34.0 Å². The number of carbonyl (C=O) groups excluding carboxylic acids is 2. The van der Waals surface area contributed by atoms with Gasteiger partial charge in [0.25, 0.3) is 0 Å². The molecule has 1 unspecified atom stereocenters. The molecule has 1 heterocycles. The number of aryl methyl sites for hydroxylation is 1. The number of aromatic nitrogens is 1. The maximum atomic E-state index is 11.6.